The van der Waals surface area contributed by atoms with Gasteiger partial charge in [0.1, 0.15) is 17.9 Å². The van der Waals surface area contributed by atoms with E-state index in [4.69, 9.17) is 14.3 Å². The first-order chi connectivity index (χ1) is 14.3. The van der Waals surface area contributed by atoms with Crippen molar-refractivity contribution in [3.63, 3.8) is 0 Å². The van der Waals surface area contributed by atoms with E-state index in [2.05, 4.69) is 10.6 Å². The van der Waals surface area contributed by atoms with Crippen molar-refractivity contribution < 1.29 is 28.6 Å². The van der Waals surface area contributed by atoms with Crippen molar-refractivity contribution in [1.82, 2.24) is 10.6 Å². The summed E-state index contributed by atoms with van der Waals surface area (Å²) in [6, 6.07) is 3.59. The maximum atomic E-state index is 12.4. The highest BCUT2D eigenvalue weighted by Crippen LogP contribution is 2.32. The summed E-state index contributed by atoms with van der Waals surface area (Å²) in [6.07, 6.45) is 2.64. The number of carbonyl (C=O) groups is 3. The Morgan fingerprint density at radius 3 is 2.53 bits per heavy atom. The summed E-state index contributed by atoms with van der Waals surface area (Å²) < 4.78 is 11.3. The van der Waals surface area contributed by atoms with Crippen molar-refractivity contribution in [3.05, 3.63) is 39.2 Å². The highest BCUT2D eigenvalue weighted by Gasteiger charge is 2.22. The largest absolute Gasteiger partial charge is 0.480 e. The molecule has 1 heterocycles. The van der Waals surface area contributed by atoms with E-state index in [0.29, 0.717) is 16.9 Å². The van der Waals surface area contributed by atoms with Crippen molar-refractivity contribution >= 4 is 28.8 Å². The van der Waals surface area contributed by atoms with Gasteiger partial charge in [-0.15, -0.1) is 0 Å². The van der Waals surface area contributed by atoms with Gasteiger partial charge < -0.3 is 24.9 Å². The molecular formula is C21H24N2O7. The number of hydrogen-bond acceptors (Lipinski definition) is 6. The summed E-state index contributed by atoms with van der Waals surface area (Å²) in [4.78, 5) is 46.5. The molecule has 1 aromatic carbocycles. The van der Waals surface area contributed by atoms with Gasteiger partial charge in [-0.05, 0) is 57.2 Å². The van der Waals surface area contributed by atoms with Crippen LogP contribution in [0.15, 0.2) is 21.3 Å². The molecule has 0 saturated carbocycles. The summed E-state index contributed by atoms with van der Waals surface area (Å²) in [5.41, 5.74) is 2.53. The highest BCUT2D eigenvalue weighted by atomic mass is 16.5. The van der Waals surface area contributed by atoms with Crippen LogP contribution in [-0.4, -0.2) is 42.1 Å². The number of aryl methyl sites for hydroxylation is 2. The molecule has 0 spiro atoms. The van der Waals surface area contributed by atoms with Gasteiger partial charge in [0.2, 0.25) is 5.91 Å². The van der Waals surface area contributed by atoms with E-state index in [9.17, 15) is 19.2 Å². The Hall–Kier alpha value is -3.36. The fourth-order valence-corrected chi connectivity index (χ4v) is 3.54. The molecule has 0 saturated heterocycles. The number of hydrogen-bond donors (Lipinski definition) is 3. The molecular weight excluding hydrogens is 392 g/mol. The normalized spacial score (nSPS) is 13.9. The van der Waals surface area contributed by atoms with Crippen molar-refractivity contribution in [3.8, 4) is 5.75 Å². The number of carbonyl (C=O) groups excluding carboxylic acids is 2. The van der Waals surface area contributed by atoms with Crippen LogP contribution in [0.4, 0.5) is 0 Å². The number of aliphatic carboxylic acids is 1. The Kier molecular flexibility index (Phi) is 6.39. The molecule has 1 aliphatic carbocycles. The first kappa shape index (κ1) is 21.4. The van der Waals surface area contributed by atoms with Gasteiger partial charge in [-0.25, -0.2) is 4.79 Å². The molecule has 0 radical (unpaired) electrons. The first-order valence-corrected chi connectivity index (χ1v) is 9.79. The zero-order chi connectivity index (χ0) is 21.8. The van der Waals surface area contributed by atoms with Crippen LogP contribution in [0.3, 0.4) is 0 Å². The van der Waals surface area contributed by atoms with Crippen LogP contribution < -0.4 is 21.0 Å². The summed E-state index contributed by atoms with van der Waals surface area (Å²) in [5, 5.41) is 14.0. The Labute approximate surface area is 172 Å². The predicted molar refractivity (Wildman–Crippen MR) is 108 cm³/mol. The van der Waals surface area contributed by atoms with Crippen LogP contribution in [0.2, 0.25) is 0 Å². The molecule has 1 aromatic heterocycles. The van der Waals surface area contributed by atoms with E-state index in [1.807, 2.05) is 6.07 Å². The van der Waals surface area contributed by atoms with E-state index in [0.717, 1.165) is 42.2 Å². The van der Waals surface area contributed by atoms with Crippen LogP contribution >= 0.6 is 0 Å². The molecule has 160 valence electrons. The second-order valence-corrected chi connectivity index (χ2v) is 7.27. The van der Waals surface area contributed by atoms with Gasteiger partial charge in [-0.2, -0.15) is 0 Å². The lowest BCUT2D eigenvalue weighted by atomic mass is 9.90. The van der Waals surface area contributed by atoms with Crippen LogP contribution in [0.25, 0.3) is 11.0 Å². The van der Waals surface area contributed by atoms with Gasteiger partial charge in [-0.1, -0.05) is 0 Å². The van der Waals surface area contributed by atoms with Gasteiger partial charge in [0.25, 0.3) is 5.91 Å². The average Bonchev–Trinajstić information content (AvgIpc) is 2.73. The molecule has 0 unspecified atom stereocenters. The number of rotatable bonds is 7. The van der Waals surface area contributed by atoms with E-state index >= 15 is 0 Å². The highest BCUT2D eigenvalue weighted by molar-refractivity contribution is 5.89. The monoisotopic (exact) mass is 416 g/mol. The molecule has 1 aliphatic rings. The first-order valence-electron chi connectivity index (χ1n) is 9.79. The van der Waals surface area contributed by atoms with Crippen molar-refractivity contribution in [2.75, 3.05) is 13.1 Å². The lowest BCUT2D eigenvalue weighted by Crippen LogP contribution is -2.43. The summed E-state index contributed by atoms with van der Waals surface area (Å²) in [7, 11) is 0. The molecule has 3 N–H and O–H groups in total. The topological polar surface area (TPSA) is 135 Å². The van der Waals surface area contributed by atoms with Gasteiger partial charge in [0.15, 0.2) is 6.10 Å². The number of ether oxygens (including phenoxy) is 1. The molecule has 3 rings (SSSR count). The maximum absolute atomic E-state index is 12.4. The number of amides is 2. The van der Waals surface area contributed by atoms with Crippen molar-refractivity contribution in [1.29, 1.82) is 0 Å². The smallest absolute Gasteiger partial charge is 0.339 e. The summed E-state index contributed by atoms with van der Waals surface area (Å²) in [6.45, 7) is 2.40. The second-order valence-electron chi connectivity index (χ2n) is 7.27. The second kappa shape index (κ2) is 8.98. The van der Waals surface area contributed by atoms with Gasteiger partial charge in [0, 0.05) is 16.5 Å². The molecule has 2 amide bonds. The van der Waals surface area contributed by atoms with E-state index < -0.39 is 30.4 Å². The SMILES string of the molecule is Cc1c(O[C@@H](C)C(=O)NCC(=O)NCC(=O)O)ccc2c3c(c(=O)oc12)CCCC3. The average molecular weight is 416 g/mol. The number of benzene rings is 1. The fourth-order valence-electron chi connectivity index (χ4n) is 3.54. The fraction of sp³-hybridized carbons (Fsp3) is 0.429. The number of nitrogens with one attached hydrogen (secondary N) is 2. The van der Waals surface area contributed by atoms with Gasteiger partial charge in [0.05, 0.1) is 6.54 Å². The zero-order valence-corrected chi connectivity index (χ0v) is 16.9. The lowest BCUT2D eigenvalue weighted by molar-refractivity contribution is -0.137. The summed E-state index contributed by atoms with van der Waals surface area (Å²) in [5.74, 6) is -1.93. The quantitative estimate of drug-likeness (QED) is 0.575. The molecule has 0 bridgehead atoms. The third-order valence-electron chi connectivity index (χ3n) is 5.12. The Morgan fingerprint density at radius 1 is 1.13 bits per heavy atom. The Balaban J connectivity index is 1.72. The lowest BCUT2D eigenvalue weighted by Gasteiger charge is -2.19. The van der Waals surface area contributed by atoms with Crippen LogP contribution in [0.1, 0.15) is 36.5 Å². The van der Waals surface area contributed by atoms with Gasteiger partial charge >= 0.3 is 11.6 Å². The standard InChI is InChI=1S/C21H24N2O7/c1-11-16(29-12(2)20(27)23-9-17(24)22-10-18(25)26)8-7-14-13-5-3-4-6-15(13)21(28)30-19(11)14/h7-8,12H,3-6,9-10H2,1-2H3,(H,22,24)(H,23,27)(H,25,26)/t12-/m0/s1. The minimum absolute atomic E-state index is 0.324. The summed E-state index contributed by atoms with van der Waals surface area (Å²) >= 11 is 0. The van der Waals surface area contributed by atoms with E-state index in [-0.39, 0.29) is 12.2 Å². The molecule has 0 fully saturated rings. The minimum Gasteiger partial charge on any atom is -0.480 e. The number of fused-ring (bicyclic) bond motifs is 3. The van der Waals surface area contributed by atoms with Crippen LogP contribution in [0.5, 0.6) is 5.75 Å². The molecule has 9 nitrogen and oxygen atoms in total. The minimum atomic E-state index is -1.17. The predicted octanol–water partition coefficient (Wildman–Crippen LogP) is 1.06. The van der Waals surface area contributed by atoms with Crippen LogP contribution in [0, 0.1) is 6.92 Å². The van der Waals surface area contributed by atoms with Gasteiger partial charge in [-0.3, -0.25) is 14.4 Å². The maximum Gasteiger partial charge on any atom is 0.339 e. The Bertz CT molecular complexity index is 1060. The molecule has 0 aliphatic heterocycles. The third kappa shape index (κ3) is 4.61. The van der Waals surface area contributed by atoms with Crippen molar-refractivity contribution in [2.24, 2.45) is 0 Å². The third-order valence-corrected chi connectivity index (χ3v) is 5.12. The number of carboxylic acid groups (broad SMARTS) is 1. The molecule has 9 heteroatoms. The number of carboxylic acids is 1. The molecule has 2 aromatic rings. The molecule has 30 heavy (non-hydrogen) atoms. The zero-order valence-electron chi connectivity index (χ0n) is 16.9. The molecule has 1 atom stereocenters. The van der Waals surface area contributed by atoms with Crippen LogP contribution in [-0.2, 0) is 27.2 Å². The van der Waals surface area contributed by atoms with Crippen molar-refractivity contribution in [2.45, 2.75) is 45.6 Å². The van der Waals surface area contributed by atoms with E-state index in [1.165, 1.54) is 6.92 Å². The van der Waals surface area contributed by atoms with E-state index in [1.54, 1.807) is 13.0 Å². The Morgan fingerprint density at radius 2 is 1.83 bits per heavy atom.